The number of ether oxygens (including phenoxy) is 1. The monoisotopic (exact) mass is 348 g/mol. The molecule has 5 heteroatoms. The molecule has 0 saturated heterocycles. The highest BCUT2D eigenvalue weighted by atomic mass is 16.5. The van der Waals surface area contributed by atoms with E-state index < -0.39 is 5.41 Å². The molecule has 0 radical (unpaired) electrons. The molecule has 0 unspecified atom stereocenters. The Morgan fingerprint density at radius 1 is 1.19 bits per heavy atom. The Hall–Kier alpha value is -3.13. The molecule has 1 amide bonds. The third-order valence-corrected chi connectivity index (χ3v) is 4.82. The lowest BCUT2D eigenvalue weighted by molar-refractivity contribution is -0.153. The summed E-state index contributed by atoms with van der Waals surface area (Å²) in [6.07, 6.45) is 2.59. The van der Waals surface area contributed by atoms with Gasteiger partial charge in [-0.25, -0.2) is 0 Å². The molecule has 2 aromatic carbocycles. The van der Waals surface area contributed by atoms with Crippen LogP contribution in [0.5, 0.6) is 0 Å². The first kappa shape index (κ1) is 17.7. The molecule has 5 nitrogen and oxygen atoms in total. The number of hydrogen-bond acceptors (Lipinski definition) is 4. The second kappa shape index (κ2) is 7.40. The summed E-state index contributed by atoms with van der Waals surface area (Å²) >= 11 is 0. The van der Waals surface area contributed by atoms with Crippen LogP contribution in [0.15, 0.2) is 48.5 Å². The van der Waals surface area contributed by atoms with Gasteiger partial charge < -0.3 is 10.1 Å². The van der Waals surface area contributed by atoms with Gasteiger partial charge in [0.25, 0.3) is 5.91 Å². The molecule has 3 rings (SSSR count). The molecule has 0 spiro atoms. The normalized spacial score (nSPS) is 14.6. The van der Waals surface area contributed by atoms with Crippen molar-refractivity contribution in [2.75, 3.05) is 11.9 Å². The summed E-state index contributed by atoms with van der Waals surface area (Å²) in [6, 6.07) is 15.9. The Morgan fingerprint density at radius 2 is 1.92 bits per heavy atom. The van der Waals surface area contributed by atoms with Crippen LogP contribution in [-0.4, -0.2) is 18.5 Å². The SMILES string of the molecule is CCOC(=O)C1(c2ccc(NC(=O)c3cccc(C#N)c3)cc2)CCC1. The number of carbonyl (C=O) groups is 2. The lowest BCUT2D eigenvalue weighted by atomic mass is 9.64. The Kier molecular flexibility index (Phi) is 5.04. The van der Waals surface area contributed by atoms with Crippen LogP contribution in [0, 0.1) is 11.3 Å². The van der Waals surface area contributed by atoms with Crippen LogP contribution in [-0.2, 0) is 14.9 Å². The van der Waals surface area contributed by atoms with Crippen LogP contribution in [0.25, 0.3) is 0 Å². The number of carbonyl (C=O) groups excluding carboxylic acids is 2. The average molecular weight is 348 g/mol. The largest absolute Gasteiger partial charge is 0.465 e. The highest BCUT2D eigenvalue weighted by Gasteiger charge is 2.46. The van der Waals surface area contributed by atoms with Gasteiger partial charge >= 0.3 is 5.97 Å². The lowest BCUT2D eigenvalue weighted by Gasteiger charge is -2.39. The summed E-state index contributed by atoms with van der Waals surface area (Å²) in [7, 11) is 0. The second-order valence-corrected chi connectivity index (χ2v) is 6.38. The zero-order valence-corrected chi connectivity index (χ0v) is 14.6. The molecule has 1 saturated carbocycles. The molecule has 2 aromatic rings. The first-order valence-electron chi connectivity index (χ1n) is 8.68. The fourth-order valence-electron chi connectivity index (χ4n) is 3.22. The fraction of sp³-hybridized carbons (Fsp3) is 0.286. The van der Waals surface area contributed by atoms with E-state index in [-0.39, 0.29) is 11.9 Å². The topological polar surface area (TPSA) is 79.2 Å². The van der Waals surface area contributed by atoms with Gasteiger partial charge in [0, 0.05) is 11.3 Å². The van der Waals surface area contributed by atoms with Crippen molar-refractivity contribution in [1.29, 1.82) is 5.26 Å². The van der Waals surface area contributed by atoms with E-state index in [1.165, 1.54) is 0 Å². The molecule has 0 heterocycles. The van der Waals surface area contributed by atoms with Crippen molar-refractivity contribution < 1.29 is 14.3 Å². The Balaban J connectivity index is 1.74. The molecule has 1 aliphatic carbocycles. The maximum Gasteiger partial charge on any atom is 0.316 e. The molecule has 0 aliphatic heterocycles. The third kappa shape index (κ3) is 3.31. The predicted octanol–water partition coefficient (Wildman–Crippen LogP) is 3.80. The predicted molar refractivity (Wildman–Crippen MR) is 97.7 cm³/mol. The van der Waals surface area contributed by atoms with Crippen LogP contribution in [0.2, 0.25) is 0 Å². The molecule has 1 fully saturated rings. The molecule has 1 aliphatic rings. The minimum Gasteiger partial charge on any atom is -0.465 e. The fourth-order valence-corrected chi connectivity index (χ4v) is 3.22. The van der Waals surface area contributed by atoms with Gasteiger partial charge in [-0.2, -0.15) is 5.26 Å². The van der Waals surface area contributed by atoms with Crippen LogP contribution < -0.4 is 5.32 Å². The molecule has 0 aromatic heterocycles. The number of nitrogens with zero attached hydrogens (tertiary/aromatic N) is 1. The summed E-state index contributed by atoms with van der Waals surface area (Å²) in [4.78, 5) is 24.7. The zero-order valence-electron chi connectivity index (χ0n) is 14.6. The first-order chi connectivity index (χ1) is 12.6. The first-order valence-corrected chi connectivity index (χ1v) is 8.68. The van der Waals surface area contributed by atoms with Crippen molar-refractivity contribution in [2.45, 2.75) is 31.6 Å². The van der Waals surface area contributed by atoms with Gasteiger partial charge in [-0.1, -0.05) is 24.6 Å². The third-order valence-electron chi connectivity index (χ3n) is 4.82. The van der Waals surface area contributed by atoms with E-state index >= 15 is 0 Å². The number of hydrogen-bond donors (Lipinski definition) is 1. The lowest BCUT2D eigenvalue weighted by Crippen LogP contribution is -2.43. The quantitative estimate of drug-likeness (QED) is 0.834. The smallest absolute Gasteiger partial charge is 0.316 e. The minimum absolute atomic E-state index is 0.170. The maximum absolute atomic E-state index is 12.3. The van der Waals surface area contributed by atoms with Crippen LogP contribution in [0.1, 0.15) is 47.7 Å². The van der Waals surface area contributed by atoms with E-state index in [9.17, 15) is 9.59 Å². The number of benzene rings is 2. The molecule has 0 bridgehead atoms. The minimum atomic E-state index is -0.542. The number of rotatable bonds is 5. The Morgan fingerprint density at radius 3 is 2.50 bits per heavy atom. The van der Waals surface area contributed by atoms with Gasteiger partial charge in [0.2, 0.25) is 0 Å². The summed E-state index contributed by atoms with van der Waals surface area (Å²) in [5, 5.41) is 11.7. The highest BCUT2D eigenvalue weighted by molar-refractivity contribution is 6.04. The number of nitrogens with one attached hydrogen (secondary N) is 1. The Labute approximate surface area is 152 Å². The van der Waals surface area contributed by atoms with E-state index in [1.54, 1.807) is 36.4 Å². The van der Waals surface area contributed by atoms with Crippen molar-refractivity contribution in [3.63, 3.8) is 0 Å². The standard InChI is InChI=1S/C21H20N2O3/c1-2-26-20(25)21(11-4-12-21)17-7-9-18(10-8-17)23-19(24)16-6-3-5-15(13-16)14-22/h3,5-10,13H,2,4,11-12H2,1H3,(H,23,24). The Bertz CT molecular complexity index is 862. The van der Waals surface area contributed by atoms with Crippen LogP contribution >= 0.6 is 0 Å². The van der Waals surface area contributed by atoms with Crippen molar-refractivity contribution in [1.82, 2.24) is 0 Å². The summed E-state index contributed by atoms with van der Waals surface area (Å²) in [5.74, 6) is -0.449. The summed E-state index contributed by atoms with van der Waals surface area (Å²) < 4.78 is 5.24. The summed E-state index contributed by atoms with van der Waals surface area (Å²) in [6.45, 7) is 2.18. The molecule has 26 heavy (non-hydrogen) atoms. The molecule has 1 N–H and O–H groups in total. The van der Waals surface area contributed by atoms with E-state index in [1.807, 2.05) is 25.1 Å². The van der Waals surface area contributed by atoms with Gasteiger partial charge in [-0.15, -0.1) is 0 Å². The van der Waals surface area contributed by atoms with Gasteiger partial charge in [-0.3, -0.25) is 9.59 Å². The molecule has 0 atom stereocenters. The van der Waals surface area contributed by atoms with Gasteiger partial charge in [0.1, 0.15) is 0 Å². The molecular formula is C21H20N2O3. The van der Waals surface area contributed by atoms with E-state index in [4.69, 9.17) is 10.00 Å². The average Bonchev–Trinajstić information content (AvgIpc) is 2.62. The van der Waals surface area contributed by atoms with Gasteiger partial charge in [-0.05, 0) is 55.7 Å². The molecular weight excluding hydrogens is 328 g/mol. The highest BCUT2D eigenvalue weighted by Crippen LogP contribution is 2.45. The van der Waals surface area contributed by atoms with Gasteiger partial charge in [0.15, 0.2) is 0 Å². The van der Waals surface area contributed by atoms with E-state index in [2.05, 4.69) is 5.32 Å². The van der Waals surface area contributed by atoms with Crippen molar-refractivity contribution >= 4 is 17.6 Å². The number of nitriles is 1. The van der Waals surface area contributed by atoms with Crippen molar-refractivity contribution in [3.05, 3.63) is 65.2 Å². The summed E-state index contributed by atoms with van der Waals surface area (Å²) in [5.41, 5.74) is 1.88. The van der Waals surface area contributed by atoms with Crippen molar-refractivity contribution in [2.24, 2.45) is 0 Å². The van der Waals surface area contributed by atoms with Crippen LogP contribution in [0.3, 0.4) is 0 Å². The number of esters is 1. The number of anilines is 1. The molecule has 132 valence electrons. The van der Waals surface area contributed by atoms with Gasteiger partial charge in [0.05, 0.1) is 23.7 Å². The van der Waals surface area contributed by atoms with Crippen molar-refractivity contribution in [3.8, 4) is 6.07 Å². The maximum atomic E-state index is 12.3. The van der Waals surface area contributed by atoms with E-state index in [0.29, 0.717) is 23.4 Å². The van der Waals surface area contributed by atoms with E-state index in [0.717, 1.165) is 24.8 Å². The van der Waals surface area contributed by atoms with Crippen LogP contribution in [0.4, 0.5) is 5.69 Å². The number of amides is 1. The zero-order chi connectivity index (χ0) is 18.6. The second-order valence-electron chi connectivity index (χ2n) is 6.38.